The van der Waals surface area contributed by atoms with Gasteiger partial charge in [-0.1, -0.05) is 66.2 Å². The number of fused-ring (bicyclic) bond motifs is 1. The van der Waals surface area contributed by atoms with Crippen molar-refractivity contribution >= 4 is 28.6 Å². The largest absolute Gasteiger partial charge is 0.352 e. The quantitative estimate of drug-likeness (QED) is 0.347. The molecule has 0 aliphatic rings. The van der Waals surface area contributed by atoms with Gasteiger partial charge in [0.05, 0.1) is 16.7 Å². The molecule has 0 spiro atoms. The van der Waals surface area contributed by atoms with Gasteiger partial charge in [0.25, 0.3) is 0 Å². The molecule has 2 aromatic heterocycles. The van der Waals surface area contributed by atoms with Gasteiger partial charge in [-0.05, 0) is 41.5 Å². The van der Waals surface area contributed by atoms with E-state index in [0.29, 0.717) is 0 Å². The summed E-state index contributed by atoms with van der Waals surface area (Å²) in [6, 6.07) is 28.5. The van der Waals surface area contributed by atoms with Gasteiger partial charge in [-0.2, -0.15) is 0 Å². The lowest BCUT2D eigenvalue weighted by Crippen LogP contribution is -2.04. The van der Waals surface area contributed by atoms with Gasteiger partial charge in [-0.15, -0.1) is 0 Å². The van der Waals surface area contributed by atoms with Crippen LogP contribution in [0.25, 0.3) is 33.4 Å². The first-order chi connectivity index (χ1) is 15.2. The first-order valence-corrected chi connectivity index (χ1v) is 10.5. The van der Waals surface area contributed by atoms with Crippen molar-refractivity contribution in [3.8, 4) is 22.4 Å². The molecule has 5 rings (SSSR count). The Morgan fingerprint density at radius 3 is 2.32 bits per heavy atom. The van der Waals surface area contributed by atoms with Gasteiger partial charge in [0.2, 0.25) is 5.95 Å². The molecule has 0 saturated carbocycles. The second kappa shape index (κ2) is 8.25. The molecule has 0 saturated heterocycles. The first kappa shape index (κ1) is 19.3. The Labute approximate surface area is 186 Å². The van der Waals surface area contributed by atoms with Crippen molar-refractivity contribution in [1.82, 2.24) is 14.5 Å². The third kappa shape index (κ3) is 4.03. The molecule has 0 radical (unpaired) electrons. The fourth-order valence-corrected chi connectivity index (χ4v) is 3.80. The van der Waals surface area contributed by atoms with Gasteiger partial charge in [0.1, 0.15) is 0 Å². The maximum atomic E-state index is 5.99. The zero-order chi connectivity index (χ0) is 21.2. The average Bonchev–Trinajstić information content (AvgIpc) is 3.14. The Morgan fingerprint density at radius 1 is 0.839 bits per heavy atom. The van der Waals surface area contributed by atoms with Gasteiger partial charge in [-0.25, -0.2) is 4.98 Å². The summed E-state index contributed by atoms with van der Waals surface area (Å²) in [6.07, 6.45) is 1.90. The Hall–Kier alpha value is -3.63. The van der Waals surface area contributed by atoms with Crippen LogP contribution in [0.1, 0.15) is 5.56 Å². The minimum absolute atomic E-state index is 0.731. The summed E-state index contributed by atoms with van der Waals surface area (Å²) in [5, 5.41) is 4.17. The molecule has 0 aliphatic carbocycles. The molecule has 0 aliphatic heterocycles. The molecule has 0 unspecified atom stereocenters. The maximum Gasteiger partial charge on any atom is 0.203 e. The SMILES string of the molecule is Cn1c(NCc2ccccc2)nc2cc(-c3ccc(-c4ccc(Cl)cc4)cn3)ccc21. The van der Waals surface area contributed by atoms with Gasteiger partial charge in [0, 0.05) is 35.9 Å². The molecule has 0 bridgehead atoms. The lowest BCUT2D eigenvalue weighted by atomic mass is 10.1. The van der Waals surface area contributed by atoms with Crippen molar-refractivity contribution in [2.45, 2.75) is 6.54 Å². The van der Waals surface area contributed by atoms with Crippen LogP contribution in [0.2, 0.25) is 5.02 Å². The van der Waals surface area contributed by atoms with E-state index in [4.69, 9.17) is 16.6 Å². The number of pyridine rings is 1. The molecular weight excluding hydrogens is 404 g/mol. The van der Waals surface area contributed by atoms with E-state index in [1.807, 2.05) is 61.8 Å². The maximum absolute atomic E-state index is 5.99. The van der Waals surface area contributed by atoms with Crippen LogP contribution in [0, 0.1) is 0 Å². The van der Waals surface area contributed by atoms with E-state index < -0.39 is 0 Å². The number of benzene rings is 3. The third-order valence-corrected chi connectivity index (χ3v) is 5.66. The topological polar surface area (TPSA) is 42.7 Å². The summed E-state index contributed by atoms with van der Waals surface area (Å²) in [5.41, 5.74) is 7.37. The van der Waals surface area contributed by atoms with Crippen molar-refractivity contribution in [2.75, 3.05) is 5.32 Å². The standard InChI is InChI=1S/C26H21ClN4/c1-31-25-14-10-20(15-24(25)30-26(31)29-16-18-5-3-2-4-6-18)23-13-9-21(17-28-23)19-7-11-22(27)12-8-19/h2-15,17H,16H2,1H3,(H,29,30). The van der Waals surface area contributed by atoms with Gasteiger partial charge >= 0.3 is 0 Å². The van der Waals surface area contributed by atoms with Gasteiger partial charge < -0.3 is 9.88 Å². The molecule has 0 amide bonds. The fourth-order valence-electron chi connectivity index (χ4n) is 3.67. The van der Waals surface area contributed by atoms with Gasteiger partial charge in [0.15, 0.2) is 0 Å². The smallest absolute Gasteiger partial charge is 0.203 e. The number of aryl methyl sites for hydroxylation is 1. The number of aromatic nitrogens is 3. The molecule has 5 heteroatoms. The number of rotatable bonds is 5. The summed E-state index contributed by atoms with van der Waals surface area (Å²) in [5.74, 6) is 0.849. The highest BCUT2D eigenvalue weighted by Crippen LogP contribution is 2.27. The van der Waals surface area contributed by atoms with Crippen molar-refractivity contribution in [2.24, 2.45) is 7.05 Å². The van der Waals surface area contributed by atoms with Crippen LogP contribution >= 0.6 is 11.6 Å². The number of anilines is 1. The van der Waals surface area contributed by atoms with Crippen LogP contribution in [-0.4, -0.2) is 14.5 Å². The summed E-state index contributed by atoms with van der Waals surface area (Å²) in [6.45, 7) is 0.735. The van der Waals surface area contributed by atoms with Crippen LogP contribution in [0.15, 0.2) is 91.1 Å². The zero-order valence-corrected chi connectivity index (χ0v) is 17.8. The zero-order valence-electron chi connectivity index (χ0n) is 17.1. The molecule has 152 valence electrons. The Kier molecular flexibility index (Phi) is 5.14. The lowest BCUT2D eigenvalue weighted by molar-refractivity contribution is 0.927. The highest BCUT2D eigenvalue weighted by atomic mass is 35.5. The molecular formula is C26H21ClN4. The Balaban J connectivity index is 1.40. The lowest BCUT2D eigenvalue weighted by Gasteiger charge is -2.06. The van der Waals surface area contributed by atoms with E-state index in [2.05, 4.69) is 51.3 Å². The van der Waals surface area contributed by atoms with E-state index in [-0.39, 0.29) is 0 Å². The highest BCUT2D eigenvalue weighted by Gasteiger charge is 2.10. The van der Waals surface area contributed by atoms with Crippen LogP contribution < -0.4 is 5.32 Å². The van der Waals surface area contributed by atoms with Crippen LogP contribution in [0.3, 0.4) is 0 Å². The summed E-state index contributed by atoms with van der Waals surface area (Å²) >= 11 is 5.99. The second-order valence-corrected chi connectivity index (χ2v) is 7.91. The number of nitrogens with zero attached hydrogens (tertiary/aromatic N) is 3. The predicted molar refractivity (Wildman–Crippen MR) is 128 cm³/mol. The van der Waals surface area contributed by atoms with E-state index in [1.54, 1.807) is 0 Å². The average molecular weight is 425 g/mol. The van der Waals surface area contributed by atoms with E-state index >= 15 is 0 Å². The summed E-state index contributed by atoms with van der Waals surface area (Å²) in [7, 11) is 2.03. The van der Waals surface area contributed by atoms with E-state index in [0.717, 1.165) is 50.9 Å². The molecule has 31 heavy (non-hydrogen) atoms. The van der Waals surface area contributed by atoms with Crippen LogP contribution in [-0.2, 0) is 13.6 Å². The van der Waals surface area contributed by atoms with Crippen molar-refractivity contribution < 1.29 is 0 Å². The monoisotopic (exact) mass is 424 g/mol. The Morgan fingerprint density at radius 2 is 1.58 bits per heavy atom. The molecule has 0 fully saturated rings. The predicted octanol–water partition coefficient (Wildman–Crippen LogP) is 6.57. The Bertz CT molecular complexity index is 1320. The number of nitrogens with one attached hydrogen (secondary N) is 1. The molecule has 4 nitrogen and oxygen atoms in total. The van der Waals surface area contributed by atoms with Gasteiger partial charge in [-0.3, -0.25) is 4.98 Å². The highest BCUT2D eigenvalue weighted by molar-refractivity contribution is 6.30. The number of imidazole rings is 1. The first-order valence-electron chi connectivity index (χ1n) is 10.1. The van der Waals surface area contributed by atoms with Crippen molar-refractivity contribution in [3.05, 3.63) is 102 Å². The van der Waals surface area contributed by atoms with E-state index in [9.17, 15) is 0 Å². The number of hydrogen-bond acceptors (Lipinski definition) is 3. The molecule has 2 heterocycles. The normalized spacial score (nSPS) is 11.0. The molecule has 0 atom stereocenters. The summed E-state index contributed by atoms with van der Waals surface area (Å²) in [4.78, 5) is 9.48. The second-order valence-electron chi connectivity index (χ2n) is 7.48. The minimum atomic E-state index is 0.731. The molecule has 5 aromatic rings. The minimum Gasteiger partial charge on any atom is -0.352 e. The van der Waals surface area contributed by atoms with Crippen LogP contribution in [0.4, 0.5) is 5.95 Å². The third-order valence-electron chi connectivity index (χ3n) is 5.41. The van der Waals surface area contributed by atoms with Crippen molar-refractivity contribution in [1.29, 1.82) is 0 Å². The molecule has 1 N–H and O–H groups in total. The number of hydrogen-bond donors (Lipinski definition) is 1. The van der Waals surface area contributed by atoms with Crippen LogP contribution in [0.5, 0.6) is 0 Å². The molecule has 3 aromatic carbocycles. The number of halogens is 1. The van der Waals surface area contributed by atoms with Crippen molar-refractivity contribution in [3.63, 3.8) is 0 Å². The fraction of sp³-hybridized carbons (Fsp3) is 0.0769. The summed E-state index contributed by atoms with van der Waals surface area (Å²) < 4.78 is 2.08. The van der Waals surface area contributed by atoms with E-state index in [1.165, 1.54) is 5.56 Å².